The monoisotopic (exact) mass is 217 g/mol. The molecule has 1 aliphatic rings. The van der Waals surface area contributed by atoms with E-state index in [2.05, 4.69) is 5.32 Å². The van der Waals surface area contributed by atoms with Gasteiger partial charge in [-0.2, -0.15) is 0 Å². The van der Waals surface area contributed by atoms with E-state index in [0.717, 1.165) is 6.42 Å². The first kappa shape index (κ1) is 12.9. The maximum atomic E-state index is 9.32. The number of hydrogen-bond acceptors (Lipinski definition) is 4. The van der Waals surface area contributed by atoms with Crippen molar-refractivity contribution in [1.29, 1.82) is 0 Å². The number of rotatable bonds is 9. The Hall–Kier alpha value is -0.160. The molecule has 1 rings (SSSR count). The van der Waals surface area contributed by atoms with Crippen molar-refractivity contribution in [3.05, 3.63) is 0 Å². The van der Waals surface area contributed by atoms with E-state index in [0.29, 0.717) is 25.9 Å². The Kier molecular flexibility index (Phi) is 5.53. The van der Waals surface area contributed by atoms with Gasteiger partial charge in [-0.05, 0) is 26.2 Å². The molecule has 90 valence electrons. The predicted octanol–water partition coefficient (Wildman–Crippen LogP) is 0.542. The van der Waals surface area contributed by atoms with Crippen LogP contribution in [-0.2, 0) is 9.47 Å². The van der Waals surface area contributed by atoms with Gasteiger partial charge in [0.2, 0.25) is 0 Å². The lowest BCUT2D eigenvalue weighted by atomic mass is 9.99. The van der Waals surface area contributed by atoms with Crippen LogP contribution in [0, 0.1) is 0 Å². The van der Waals surface area contributed by atoms with Gasteiger partial charge in [-0.3, -0.25) is 0 Å². The zero-order chi connectivity index (χ0) is 11.1. The molecule has 1 atom stereocenters. The van der Waals surface area contributed by atoms with Crippen molar-refractivity contribution in [3.63, 3.8) is 0 Å². The number of aliphatic hydroxyl groups excluding tert-OH is 1. The minimum absolute atomic E-state index is 0.164. The second-order valence-corrected chi connectivity index (χ2v) is 4.49. The maximum absolute atomic E-state index is 9.32. The standard InChI is InChI=1S/C11H23NO3/c1-11(9-13,12-10-3-4-10)5-6-15-8-7-14-2/h10,12-13H,3-9H2,1-2H3. The Morgan fingerprint density at radius 1 is 1.33 bits per heavy atom. The molecule has 0 aromatic rings. The van der Waals surface area contributed by atoms with E-state index in [1.54, 1.807) is 7.11 Å². The lowest BCUT2D eigenvalue weighted by Crippen LogP contribution is -2.47. The first-order valence-corrected chi connectivity index (χ1v) is 5.65. The van der Waals surface area contributed by atoms with Gasteiger partial charge in [0.1, 0.15) is 0 Å². The highest BCUT2D eigenvalue weighted by atomic mass is 16.5. The van der Waals surface area contributed by atoms with Crippen LogP contribution >= 0.6 is 0 Å². The van der Waals surface area contributed by atoms with Gasteiger partial charge in [0.25, 0.3) is 0 Å². The SMILES string of the molecule is COCCOCCC(C)(CO)NC1CC1. The first-order chi connectivity index (χ1) is 7.20. The Morgan fingerprint density at radius 3 is 2.60 bits per heavy atom. The summed E-state index contributed by atoms with van der Waals surface area (Å²) >= 11 is 0. The summed E-state index contributed by atoms with van der Waals surface area (Å²) in [5.41, 5.74) is -0.186. The summed E-state index contributed by atoms with van der Waals surface area (Å²) in [5, 5.41) is 12.8. The fourth-order valence-electron chi connectivity index (χ4n) is 1.46. The molecule has 0 spiro atoms. The van der Waals surface area contributed by atoms with E-state index < -0.39 is 0 Å². The normalized spacial score (nSPS) is 20.2. The highest BCUT2D eigenvalue weighted by molar-refractivity contribution is 4.92. The van der Waals surface area contributed by atoms with Gasteiger partial charge in [0.05, 0.1) is 19.8 Å². The van der Waals surface area contributed by atoms with Gasteiger partial charge in [-0.1, -0.05) is 0 Å². The topological polar surface area (TPSA) is 50.7 Å². The molecular formula is C11H23NO3. The van der Waals surface area contributed by atoms with E-state index in [1.807, 2.05) is 6.92 Å². The van der Waals surface area contributed by atoms with Crippen molar-refractivity contribution in [2.75, 3.05) is 33.5 Å². The number of ether oxygens (including phenoxy) is 2. The summed E-state index contributed by atoms with van der Waals surface area (Å²) in [7, 11) is 1.66. The average Bonchev–Trinajstić information content (AvgIpc) is 3.01. The number of nitrogens with one attached hydrogen (secondary N) is 1. The van der Waals surface area contributed by atoms with Crippen LogP contribution < -0.4 is 5.32 Å². The third kappa shape index (κ3) is 5.47. The molecule has 1 saturated carbocycles. The molecule has 0 radical (unpaired) electrons. The molecule has 0 saturated heterocycles. The lowest BCUT2D eigenvalue weighted by Gasteiger charge is -2.28. The van der Waals surface area contributed by atoms with Crippen LogP contribution in [0.15, 0.2) is 0 Å². The van der Waals surface area contributed by atoms with Gasteiger partial charge in [-0.25, -0.2) is 0 Å². The van der Waals surface area contributed by atoms with Gasteiger partial charge in [0.15, 0.2) is 0 Å². The second kappa shape index (κ2) is 6.43. The molecule has 2 N–H and O–H groups in total. The molecule has 0 bridgehead atoms. The highest BCUT2D eigenvalue weighted by Gasteiger charge is 2.31. The maximum Gasteiger partial charge on any atom is 0.0700 e. The molecule has 1 unspecified atom stereocenters. The fraction of sp³-hybridized carbons (Fsp3) is 1.00. The minimum atomic E-state index is -0.186. The molecule has 0 heterocycles. The minimum Gasteiger partial charge on any atom is -0.394 e. The van der Waals surface area contributed by atoms with Crippen LogP contribution in [-0.4, -0.2) is 50.2 Å². The zero-order valence-corrected chi connectivity index (χ0v) is 9.79. The van der Waals surface area contributed by atoms with E-state index in [-0.39, 0.29) is 12.1 Å². The summed E-state index contributed by atoms with van der Waals surface area (Å²) < 4.78 is 10.3. The van der Waals surface area contributed by atoms with Crippen molar-refractivity contribution >= 4 is 0 Å². The zero-order valence-electron chi connectivity index (χ0n) is 9.79. The lowest BCUT2D eigenvalue weighted by molar-refractivity contribution is 0.0501. The quantitative estimate of drug-likeness (QED) is 0.554. The average molecular weight is 217 g/mol. The third-order valence-corrected chi connectivity index (χ3v) is 2.71. The molecule has 1 aliphatic carbocycles. The van der Waals surface area contributed by atoms with Gasteiger partial charge >= 0.3 is 0 Å². The predicted molar refractivity (Wildman–Crippen MR) is 59.0 cm³/mol. The van der Waals surface area contributed by atoms with Crippen LogP contribution in [0.5, 0.6) is 0 Å². The van der Waals surface area contributed by atoms with E-state index >= 15 is 0 Å². The Morgan fingerprint density at radius 2 is 2.07 bits per heavy atom. The van der Waals surface area contributed by atoms with Crippen LogP contribution in [0.3, 0.4) is 0 Å². The van der Waals surface area contributed by atoms with E-state index in [9.17, 15) is 5.11 Å². The molecule has 0 aliphatic heterocycles. The van der Waals surface area contributed by atoms with Crippen LogP contribution in [0.1, 0.15) is 26.2 Å². The molecule has 0 aromatic carbocycles. The summed E-state index contributed by atoms with van der Waals surface area (Å²) in [4.78, 5) is 0. The first-order valence-electron chi connectivity index (χ1n) is 5.65. The second-order valence-electron chi connectivity index (χ2n) is 4.49. The highest BCUT2D eigenvalue weighted by Crippen LogP contribution is 2.23. The molecule has 4 heteroatoms. The third-order valence-electron chi connectivity index (χ3n) is 2.71. The fourth-order valence-corrected chi connectivity index (χ4v) is 1.46. The Labute approximate surface area is 92.0 Å². The molecule has 1 fully saturated rings. The van der Waals surface area contributed by atoms with Crippen molar-refractivity contribution in [3.8, 4) is 0 Å². The largest absolute Gasteiger partial charge is 0.394 e. The smallest absolute Gasteiger partial charge is 0.0700 e. The van der Waals surface area contributed by atoms with Crippen molar-refractivity contribution < 1.29 is 14.6 Å². The van der Waals surface area contributed by atoms with Crippen molar-refractivity contribution in [1.82, 2.24) is 5.32 Å². The van der Waals surface area contributed by atoms with E-state index in [1.165, 1.54) is 12.8 Å². The van der Waals surface area contributed by atoms with Crippen LogP contribution in [0.2, 0.25) is 0 Å². The van der Waals surface area contributed by atoms with E-state index in [4.69, 9.17) is 9.47 Å². The van der Waals surface area contributed by atoms with Crippen molar-refractivity contribution in [2.45, 2.75) is 37.8 Å². The molecule has 0 aromatic heterocycles. The summed E-state index contributed by atoms with van der Waals surface area (Å²) in [6, 6.07) is 0.612. The number of aliphatic hydroxyl groups is 1. The number of methoxy groups -OCH3 is 1. The number of hydrogen-bond donors (Lipinski definition) is 2. The molecule has 15 heavy (non-hydrogen) atoms. The van der Waals surface area contributed by atoms with Gasteiger partial charge in [0, 0.05) is 25.3 Å². The van der Waals surface area contributed by atoms with Crippen LogP contribution in [0.4, 0.5) is 0 Å². The summed E-state index contributed by atoms with van der Waals surface area (Å²) in [6.45, 7) is 4.13. The molecule has 4 nitrogen and oxygen atoms in total. The van der Waals surface area contributed by atoms with Gasteiger partial charge < -0.3 is 19.9 Å². The molecule has 0 amide bonds. The van der Waals surface area contributed by atoms with Crippen LogP contribution in [0.25, 0.3) is 0 Å². The summed E-state index contributed by atoms with van der Waals surface area (Å²) in [6.07, 6.45) is 3.31. The Balaban J connectivity index is 2.08. The Bertz CT molecular complexity index is 173. The summed E-state index contributed by atoms with van der Waals surface area (Å²) in [5.74, 6) is 0. The molecular weight excluding hydrogens is 194 g/mol. The van der Waals surface area contributed by atoms with Crippen molar-refractivity contribution in [2.24, 2.45) is 0 Å². The van der Waals surface area contributed by atoms with Gasteiger partial charge in [-0.15, -0.1) is 0 Å².